The van der Waals surface area contributed by atoms with Crippen LogP contribution in [0.2, 0.25) is 5.15 Å². The summed E-state index contributed by atoms with van der Waals surface area (Å²) < 4.78 is 4.50. The van der Waals surface area contributed by atoms with Gasteiger partial charge in [-0.2, -0.15) is 0 Å². The van der Waals surface area contributed by atoms with Crippen molar-refractivity contribution in [3.8, 4) is 0 Å². The molecule has 0 radical (unpaired) electrons. The molecule has 0 fully saturated rings. The Bertz CT molecular complexity index is 330. The molecular formula is C9H11ClN2O2. The highest BCUT2D eigenvalue weighted by molar-refractivity contribution is 6.29. The summed E-state index contributed by atoms with van der Waals surface area (Å²) in [6.07, 6.45) is 1.97. The predicted octanol–water partition coefficient (Wildman–Crippen LogP) is 0.778. The lowest BCUT2D eigenvalue weighted by molar-refractivity contribution is -0.142. The second-order valence-electron chi connectivity index (χ2n) is 2.82. The maximum absolute atomic E-state index is 11.0. The van der Waals surface area contributed by atoms with E-state index in [2.05, 4.69) is 9.72 Å². The van der Waals surface area contributed by atoms with Crippen molar-refractivity contribution in [2.45, 2.75) is 12.5 Å². The number of methoxy groups -OCH3 is 1. The number of ether oxygens (including phenoxy) is 1. The summed E-state index contributed by atoms with van der Waals surface area (Å²) in [7, 11) is 1.31. The average Bonchev–Trinajstić information content (AvgIpc) is 2.16. The Morgan fingerprint density at radius 1 is 1.79 bits per heavy atom. The fourth-order valence-electron chi connectivity index (χ4n) is 1.06. The summed E-state index contributed by atoms with van der Waals surface area (Å²) in [6, 6.07) is 2.78. The third-order valence-corrected chi connectivity index (χ3v) is 1.96. The largest absolute Gasteiger partial charge is 0.468 e. The first-order valence-corrected chi connectivity index (χ1v) is 4.45. The topological polar surface area (TPSA) is 65.2 Å². The van der Waals surface area contributed by atoms with Crippen molar-refractivity contribution < 1.29 is 9.53 Å². The van der Waals surface area contributed by atoms with E-state index in [-0.39, 0.29) is 0 Å². The second-order valence-corrected chi connectivity index (χ2v) is 3.21. The molecule has 0 aliphatic heterocycles. The molecule has 1 heterocycles. The van der Waals surface area contributed by atoms with Gasteiger partial charge in [0.15, 0.2) is 0 Å². The molecule has 0 saturated carbocycles. The SMILES string of the molecule is COC(=O)[C@@H](N)Cc1ccnc(Cl)c1. The summed E-state index contributed by atoms with van der Waals surface area (Å²) in [5, 5.41) is 0.388. The van der Waals surface area contributed by atoms with Crippen LogP contribution in [0.5, 0.6) is 0 Å². The van der Waals surface area contributed by atoms with Crippen molar-refractivity contribution in [2.75, 3.05) is 7.11 Å². The Kier molecular flexibility index (Phi) is 3.85. The Balaban J connectivity index is 2.64. The molecule has 1 aromatic heterocycles. The van der Waals surface area contributed by atoms with Crippen molar-refractivity contribution in [1.29, 1.82) is 0 Å². The number of nitrogens with zero attached hydrogens (tertiary/aromatic N) is 1. The number of halogens is 1. The van der Waals surface area contributed by atoms with Crippen LogP contribution >= 0.6 is 11.6 Å². The number of nitrogens with two attached hydrogens (primary N) is 1. The van der Waals surface area contributed by atoms with E-state index in [1.807, 2.05) is 0 Å². The molecule has 0 saturated heterocycles. The summed E-state index contributed by atoms with van der Waals surface area (Å²) in [6.45, 7) is 0. The molecule has 5 heteroatoms. The summed E-state index contributed by atoms with van der Waals surface area (Å²) in [5.41, 5.74) is 6.44. The number of hydrogen-bond donors (Lipinski definition) is 1. The zero-order chi connectivity index (χ0) is 10.6. The van der Waals surface area contributed by atoms with Crippen LogP contribution in [0, 0.1) is 0 Å². The fraction of sp³-hybridized carbons (Fsp3) is 0.333. The molecular weight excluding hydrogens is 204 g/mol. The molecule has 0 bridgehead atoms. The minimum atomic E-state index is -0.654. The van der Waals surface area contributed by atoms with Gasteiger partial charge in [-0.15, -0.1) is 0 Å². The highest BCUT2D eigenvalue weighted by Gasteiger charge is 2.14. The minimum absolute atomic E-state index is 0.388. The lowest BCUT2D eigenvalue weighted by Gasteiger charge is -2.08. The van der Waals surface area contributed by atoms with Gasteiger partial charge in [-0.05, 0) is 24.1 Å². The normalized spacial score (nSPS) is 12.2. The first-order chi connectivity index (χ1) is 6.63. The van der Waals surface area contributed by atoms with Gasteiger partial charge in [0.05, 0.1) is 7.11 Å². The highest BCUT2D eigenvalue weighted by Crippen LogP contribution is 2.08. The van der Waals surface area contributed by atoms with Crippen LogP contribution in [0.1, 0.15) is 5.56 Å². The molecule has 0 aliphatic rings. The monoisotopic (exact) mass is 214 g/mol. The number of pyridine rings is 1. The molecule has 0 spiro atoms. The van der Waals surface area contributed by atoms with E-state index >= 15 is 0 Å². The quantitative estimate of drug-likeness (QED) is 0.597. The number of hydrogen-bond acceptors (Lipinski definition) is 4. The van der Waals surface area contributed by atoms with Gasteiger partial charge in [-0.1, -0.05) is 11.6 Å². The van der Waals surface area contributed by atoms with E-state index in [9.17, 15) is 4.79 Å². The van der Waals surface area contributed by atoms with Crippen molar-refractivity contribution >= 4 is 17.6 Å². The molecule has 4 nitrogen and oxygen atoms in total. The van der Waals surface area contributed by atoms with Gasteiger partial charge < -0.3 is 10.5 Å². The predicted molar refractivity (Wildman–Crippen MR) is 52.9 cm³/mol. The Morgan fingerprint density at radius 3 is 3.07 bits per heavy atom. The second kappa shape index (κ2) is 4.93. The summed E-state index contributed by atoms with van der Waals surface area (Å²) in [5.74, 6) is -0.432. The average molecular weight is 215 g/mol. The molecule has 0 aliphatic carbocycles. The molecule has 0 unspecified atom stereocenters. The smallest absolute Gasteiger partial charge is 0.322 e. The number of aromatic nitrogens is 1. The molecule has 1 rings (SSSR count). The Hall–Kier alpha value is -1.13. The maximum Gasteiger partial charge on any atom is 0.322 e. The number of esters is 1. The first-order valence-electron chi connectivity index (χ1n) is 4.07. The van der Waals surface area contributed by atoms with Gasteiger partial charge in [0, 0.05) is 6.20 Å². The molecule has 2 N–H and O–H groups in total. The van der Waals surface area contributed by atoms with Crippen molar-refractivity contribution in [1.82, 2.24) is 4.98 Å². The summed E-state index contributed by atoms with van der Waals surface area (Å²) in [4.78, 5) is 14.8. The lowest BCUT2D eigenvalue weighted by Crippen LogP contribution is -2.33. The van der Waals surface area contributed by atoms with Crippen molar-refractivity contribution in [2.24, 2.45) is 5.73 Å². The van der Waals surface area contributed by atoms with Crippen LogP contribution in [0.3, 0.4) is 0 Å². The van der Waals surface area contributed by atoms with Crippen LogP contribution < -0.4 is 5.73 Å². The molecule has 14 heavy (non-hydrogen) atoms. The highest BCUT2D eigenvalue weighted by atomic mass is 35.5. The van der Waals surface area contributed by atoms with Crippen LogP contribution in [0.4, 0.5) is 0 Å². The van der Waals surface area contributed by atoms with Crippen molar-refractivity contribution in [3.63, 3.8) is 0 Å². The molecule has 0 aromatic carbocycles. The third-order valence-electron chi connectivity index (χ3n) is 1.75. The zero-order valence-corrected chi connectivity index (χ0v) is 8.49. The van der Waals surface area contributed by atoms with Crippen LogP contribution in [0.15, 0.2) is 18.3 Å². The maximum atomic E-state index is 11.0. The van der Waals surface area contributed by atoms with E-state index < -0.39 is 12.0 Å². The summed E-state index contributed by atoms with van der Waals surface area (Å²) >= 11 is 5.67. The van der Waals surface area contributed by atoms with E-state index in [4.69, 9.17) is 17.3 Å². The van der Waals surface area contributed by atoms with Gasteiger partial charge in [0.25, 0.3) is 0 Å². The van der Waals surface area contributed by atoms with Gasteiger partial charge in [-0.3, -0.25) is 4.79 Å². The first kappa shape index (κ1) is 10.9. The number of rotatable bonds is 3. The Labute approximate surface area is 87.0 Å². The zero-order valence-electron chi connectivity index (χ0n) is 7.74. The van der Waals surface area contributed by atoms with Crippen LogP contribution in [0.25, 0.3) is 0 Å². The molecule has 1 aromatic rings. The lowest BCUT2D eigenvalue weighted by atomic mass is 10.1. The van der Waals surface area contributed by atoms with E-state index in [0.29, 0.717) is 11.6 Å². The Morgan fingerprint density at radius 2 is 2.50 bits per heavy atom. The van der Waals surface area contributed by atoms with Crippen LogP contribution in [-0.2, 0) is 16.0 Å². The van der Waals surface area contributed by atoms with Crippen LogP contribution in [-0.4, -0.2) is 24.1 Å². The molecule has 76 valence electrons. The van der Waals surface area contributed by atoms with Crippen molar-refractivity contribution in [3.05, 3.63) is 29.0 Å². The van der Waals surface area contributed by atoms with Gasteiger partial charge in [0.2, 0.25) is 0 Å². The van der Waals surface area contributed by atoms with E-state index in [1.54, 1.807) is 18.3 Å². The standard InChI is InChI=1S/C9H11ClN2O2/c1-14-9(13)7(11)4-6-2-3-12-8(10)5-6/h2-3,5,7H,4,11H2,1H3/t7-/m0/s1. The van der Waals surface area contributed by atoms with Gasteiger partial charge >= 0.3 is 5.97 Å². The number of carbonyl (C=O) groups excluding carboxylic acids is 1. The molecule has 1 atom stereocenters. The minimum Gasteiger partial charge on any atom is -0.468 e. The van der Waals surface area contributed by atoms with E-state index in [0.717, 1.165) is 5.56 Å². The van der Waals surface area contributed by atoms with E-state index in [1.165, 1.54) is 7.11 Å². The molecule has 0 amide bonds. The van der Waals surface area contributed by atoms with Gasteiger partial charge in [0.1, 0.15) is 11.2 Å². The fourth-order valence-corrected chi connectivity index (χ4v) is 1.25. The van der Waals surface area contributed by atoms with Gasteiger partial charge in [-0.25, -0.2) is 4.98 Å². The third kappa shape index (κ3) is 2.97. The number of carbonyl (C=O) groups is 1.